The van der Waals surface area contributed by atoms with Crippen LogP contribution in [0.2, 0.25) is 0 Å². The first-order chi connectivity index (χ1) is 9.08. The molecule has 0 aromatic heterocycles. The number of hydrogen-bond donors (Lipinski definition) is 3. The highest BCUT2D eigenvalue weighted by atomic mass is 19.1. The lowest BCUT2D eigenvalue weighted by molar-refractivity contribution is 0.0693. The molecule has 5 nitrogen and oxygen atoms in total. The maximum atomic E-state index is 13.4. The molecule has 3 N–H and O–H groups in total. The van der Waals surface area contributed by atoms with Gasteiger partial charge in [-0.3, -0.25) is 0 Å². The molecule has 1 saturated carbocycles. The van der Waals surface area contributed by atoms with E-state index in [1.165, 1.54) is 25.0 Å². The Morgan fingerprint density at radius 1 is 1.37 bits per heavy atom. The van der Waals surface area contributed by atoms with Crippen molar-refractivity contribution in [2.24, 2.45) is 5.92 Å². The zero-order chi connectivity index (χ0) is 13.8. The SMILES string of the molecule is O=C(NCCC1CC1)Nc1cccc(F)c1C(=O)O. The average Bonchev–Trinajstić information content (AvgIpc) is 3.12. The van der Waals surface area contributed by atoms with Crippen molar-refractivity contribution in [1.29, 1.82) is 0 Å². The summed E-state index contributed by atoms with van der Waals surface area (Å²) in [6, 6.07) is 3.22. The fourth-order valence-corrected chi connectivity index (χ4v) is 1.81. The first-order valence-electron chi connectivity index (χ1n) is 6.14. The molecule has 0 spiro atoms. The van der Waals surface area contributed by atoms with Crippen LogP contribution in [0.3, 0.4) is 0 Å². The molecule has 1 aliphatic carbocycles. The molecule has 19 heavy (non-hydrogen) atoms. The van der Waals surface area contributed by atoms with Crippen LogP contribution in [0, 0.1) is 11.7 Å². The van der Waals surface area contributed by atoms with E-state index in [0.29, 0.717) is 12.5 Å². The summed E-state index contributed by atoms with van der Waals surface area (Å²) in [5.74, 6) is -1.58. The van der Waals surface area contributed by atoms with Gasteiger partial charge in [0.15, 0.2) is 0 Å². The Kier molecular flexibility index (Phi) is 3.99. The van der Waals surface area contributed by atoms with Crippen molar-refractivity contribution in [3.05, 3.63) is 29.6 Å². The molecule has 1 aromatic carbocycles. The number of urea groups is 1. The lowest BCUT2D eigenvalue weighted by Gasteiger charge is -2.10. The van der Waals surface area contributed by atoms with E-state index in [2.05, 4.69) is 10.6 Å². The van der Waals surface area contributed by atoms with E-state index in [9.17, 15) is 14.0 Å². The number of carboxylic acid groups (broad SMARTS) is 1. The predicted molar refractivity (Wildman–Crippen MR) is 67.7 cm³/mol. The number of nitrogens with one attached hydrogen (secondary N) is 2. The van der Waals surface area contributed by atoms with Crippen LogP contribution < -0.4 is 10.6 Å². The van der Waals surface area contributed by atoms with Gasteiger partial charge in [0.2, 0.25) is 0 Å². The molecule has 0 unspecified atom stereocenters. The zero-order valence-corrected chi connectivity index (χ0v) is 10.3. The molecular weight excluding hydrogens is 251 g/mol. The lowest BCUT2D eigenvalue weighted by atomic mass is 10.1. The summed E-state index contributed by atoms with van der Waals surface area (Å²) in [6.45, 7) is 0.536. The zero-order valence-electron chi connectivity index (χ0n) is 10.3. The number of hydrogen-bond acceptors (Lipinski definition) is 2. The van der Waals surface area contributed by atoms with Gasteiger partial charge in [0, 0.05) is 6.54 Å². The third-order valence-electron chi connectivity index (χ3n) is 3.01. The number of aromatic carboxylic acids is 1. The maximum Gasteiger partial charge on any atom is 0.340 e. The highest BCUT2D eigenvalue weighted by molar-refractivity contribution is 6.00. The number of amides is 2. The summed E-state index contributed by atoms with van der Waals surface area (Å²) >= 11 is 0. The molecule has 2 amide bonds. The Morgan fingerprint density at radius 3 is 2.74 bits per heavy atom. The van der Waals surface area contributed by atoms with Crippen molar-refractivity contribution >= 4 is 17.7 Å². The quantitative estimate of drug-likeness (QED) is 0.766. The van der Waals surface area contributed by atoms with Crippen LogP contribution in [0.4, 0.5) is 14.9 Å². The monoisotopic (exact) mass is 266 g/mol. The molecule has 0 bridgehead atoms. The molecule has 0 aliphatic heterocycles. The summed E-state index contributed by atoms with van der Waals surface area (Å²) < 4.78 is 13.4. The second kappa shape index (κ2) is 5.69. The van der Waals surface area contributed by atoms with Crippen molar-refractivity contribution in [3.63, 3.8) is 0 Å². The van der Waals surface area contributed by atoms with Gasteiger partial charge in [-0.05, 0) is 24.5 Å². The number of benzene rings is 1. The number of halogens is 1. The van der Waals surface area contributed by atoms with E-state index in [0.717, 1.165) is 12.5 Å². The third kappa shape index (κ3) is 3.67. The fourth-order valence-electron chi connectivity index (χ4n) is 1.81. The number of carbonyl (C=O) groups excluding carboxylic acids is 1. The fraction of sp³-hybridized carbons (Fsp3) is 0.385. The topological polar surface area (TPSA) is 78.4 Å². The normalized spacial score (nSPS) is 13.9. The molecule has 1 aromatic rings. The van der Waals surface area contributed by atoms with E-state index in [4.69, 9.17) is 5.11 Å². The summed E-state index contributed by atoms with van der Waals surface area (Å²) in [6.07, 6.45) is 3.33. The van der Waals surface area contributed by atoms with E-state index >= 15 is 0 Å². The summed E-state index contributed by atoms with van der Waals surface area (Å²) in [5, 5.41) is 13.9. The molecular formula is C13H15FN2O3. The Morgan fingerprint density at radius 2 is 2.11 bits per heavy atom. The second-order valence-corrected chi connectivity index (χ2v) is 4.58. The third-order valence-corrected chi connectivity index (χ3v) is 3.01. The Bertz CT molecular complexity index is 501. The van der Waals surface area contributed by atoms with Gasteiger partial charge >= 0.3 is 12.0 Å². The highest BCUT2D eigenvalue weighted by Crippen LogP contribution is 2.31. The number of carbonyl (C=O) groups is 2. The van der Waals surface area contributed by atoms with Crippen molar-refractivity contribution in [2.75, 3.05) is 11.9 Å². The first-order valence-corrected chi connectivity index (χ1v) is 6.14. The maximum absolute atomic E-state index is 13.4. The molecule has 2 rings (SSSR count). The van der Waals surface area contributed by atoms with E-state index < -0.39 is 23.4 Å². The van der Waals surface area contributed by atoms with Gasteiger partial charge in [-0.1, -0.05) is 18.9 Å². The summed E-state index contributed by atoms with van der Waals surface area (Å²) in [4.78, 5) is 22.5. The van der Waals surface area contributed by atoms with Crippen molar-refractivity contribution in [2.45, 2.75) is 19.3 Å². The van der Waals surface area contributed by atoms with Gasteiger partial charge in [-0.25, -0.2) is 14.0 Å². The molecule has 102 valence electrons. The van der Waals surface area contributed by atoms with Gasteiger partial charge in [0.1, 0.15) is 11.4 Å². The van der Waals surface area contributed by atoms with Gasteiger partial charge < -0.3 is 15.7 Å². The largest absolute Gasteiger partial charge is 0.478 e. The van der Waals surface area contributed by atoms with Gasteiger partial charge in [-0.2, -0.15) is 0 Å². The number of carboxylic acids is 1. The van der Waals surface area contributed by atoms with Gasteiger partial charge in [0.05, 0.1) is 5.69 Å². The van der Waals surface area contributed by atoms with Crippen LogP contribution in [-0.4, -0.2) is 23.7 Å². The minimum atomic E-state index is -1.41. The van der Waals surface area contributed by atoms with Crippen LogP contribution in [0.25, 0.3) is 0 Å². The van der Waals surface area contributed by atoms with Crippen molar-refractivity contribution < 1.29 is 19.1 Å². The predicted octanol–water partition coefficient (Wildman–Crippen LogP) is 2.45. The van der Waals surface area contributed by atoms with Gasteiger partial charge in [0.25, 0.3) is 0 Å². The molecule has 0 radical (unpaired) electrons. The molecule has 0 atom stereocenters. The lowest BCUT2D eigenvalue weighted by Crippen LogP contribution is -2.30. The summed E-state index contributed by atoms with van der Waals surface area (Å²) in [7, 11) is 0. The minimum Gasteiger partial charge on any atom is -0.478 e. The molecule has 0 heterocycles. The van der Waals surface area contributed by atoms with E-state index in [-0.39, 0.29) is 5.69 Å². The average molecular weight is 266 g/mol. The van der Waals surface area contributed by atoms with Crippen molar-refractivity contribution in [1.82, 2.24) is 5.32 Å². The van der Waals surface area contributed by atoms with Crippen LogP contribution in [-0.2, 0) is 0 Å². The Balaban J connectivity index is 1.95. The van der Waals surface area contributed by atoms with E-state index in [1.807, 2.05) is 0 Å². The van der Waals surface area contributed by atoms with Gasteiger partial charge in [-0.15, -0.1) is 0 Å². The second-order valence-electron chi connectivity index (χ2n) is 4.58. The van der Waals surface area contributed by atoms with Crippen LogP contribution in [0.15, 0.2) is 18.2 Å². The highest BCUT2D eigenvalue weighted by Gasteiger charge is 2.21. The first kappa shape index (κ1) is 13.3. The van der Waals surface area contributed by atoms with Crippen molar-refractivity contribution in [3.8, 4) is 0 Å². The molecule has 1 fully saturated rings. The number of anilines is 1. The van der Waals surface area contributed by atoms with E-state index in [1.54, 1.807) is 0 Å². The summed E-state index contributed by atoms with van der Waals surface area (Å²) in [5.41, 5.74) is -0.573. The molecule has 1 aliphatic rings. The van der Waals surface area contributed by atoms with Crippen LogP contribution in [0.1, 0.15) is 29.6 Å². The van der Waals surface area contributed by atoms with Crippen LogP contribution in [0.5, 0.6) is 0 Å². The molecule has 0 saturated heterocycles. The van der Waals surface area contributed by atoms with Crippen LogP contribution >= 0.6 is 0 Å². The number of rotatable bonds is 5. The molecule has 6 heteroatoms. The Labute approximate surface area is 109 Å². The smallest absolute Gasteiger partial charge is 0.340 e. The standard InChI is InChI=1S/C13H15FN2O3/c14-9-2-1-3-10(11(9)12(17)18)16-13(19)15-7-6-8-4-5-8/h1-3,8H,4-7H2,(H,17,18)(H2,15,16,19). The Hall–Kier alpha value is -2.11. The minimum absolute atomic E-state index is 0.0450.